The molecule has 7 heteroatoms. The molecular weight excluding hydrogens is 418 g/mol. The molecule has 7 nitrogen and oxygen atoms in total. The van der Waals surface area contributed by atoms with E-state index in [1.165, 1.54) is 0 Å². The number of para-hydroxylation sites is 1. The average molecular weight is 446 g/mol. The number of anilines is 1. The minimum Gasteiger partial charge on any atom is -0.324 e. The van der Waals surface area contributed by atoms with Gasteiger partial charge in [-0.3, -0.25) is 24.1 Å². The molecule has 0 spiro atoms. The Balaban J connectivity index is 1.45. The van der Waals surface area contributed by atoms with E-state index >= 15 is 0 Å². The maximum atomic E-state index is 13.9. The van der Waals surface area contributed by atoms with Gasteiger partial charge in [0, 0.05) is 11.7 Å². The monoisotopic (exact) mass is 445 g/mol. The molecule has 2 aromatic carbocycles. The highest BCUT2D eigenvalue weighted by Gasteiger charge is 2.55. The molecule has 1 atom stereocenters. The van der Waals surface area contributed by atoms with Gasteiger partial charge in [-0.25, -0.2) is 0 Å². The predicted molar refractivity (Wildman–Crippen MR) is 123 cm³/mol. The Kier molecular flexibility index (Phi) is 5.27. The Labute approximate surface area is 192 Å². The zero-order valence-electron chi connectivity index (χ0n) is 18.6. The van der Waals surface area contributed by atoms with Gasteiger partial charge in [0.05, 0.1) is 11.1 Å². The number of imide groups is 1. The van der Waals surface area contributed by atoms with Gasteiger partial charge in [-0.05, 0) is 56.9 Å². The molecule has 170 valence electrons. The summed E-state index contributed by atoms with van der Waals surface area (Å²) in [6.45, 7) is 1.59. The van der Waals surface area contributed by atoms with Crippen molar-refractivity contribution in [2.24, 2.45) is 0 Å². The van der Waals surface area contributed by atoms with E-state index in [0.717, 1.165) is 30.6 Å². The van der Waals surface area contributed by atoms with E-state index in [1.54, 1.807) is 36.1 Å². The lowest BCUT2D eigenvalue weighted by Gasteiger charge is -2.42. The van der Waals surface area contributed by atoms with Crippen LogP contribution >= 0.6 is 0 Å². The molecule has 2 saturated carbocycles. The van der Waals surface area contributed by atoms with Crippen LogP contribution in [0.3, 0.4) is 0 Å². The maximum absolute atomic E-state index is 13.9. The maximum Gasteiger partial charge on any atom is 0.262 e. The molecule has 1 heterocycles. The van der Waals surface area contributed by atoms with Gasteiger partial charge >= 0.3 is 0 Å². The molecule has 2 fully saturated rings. The third-order valence-electron chi connectivity index (χ3n) is 7.07. The second-order valence-corrected chi connectivity index (χ2v) is 9.20. The van der Waals surface area contributed by atoms with E-state index in [4.69, 9.17) is 0 Å². The van der Waals surface area contributed by atoms with Crippen LogP contribution < -0.4 is 5.32 Å². The number of carbonyl (C=O) groups is 4. The lowest BCUT2D eigenvalue weighted by Crippen LogP contribution is -2.62. The highest BCUT2D eigenvalue weighted by molar-refractivity contribution is 6.23. The lowest BCUT2D eigenvalue weighted by molar-refractivity contribution is -0.149. The van der Waals surface area contributed by atoms with Gasteiger partial charge in [0.15, 0.2) is 0 Å². The average Bonchev–Trinajstić information content (AvgIpc) is 3.47. The van der Waals surface area contributed by atoms with Crippen molar-refractivity contribution in [3.05, 3.63) is 65.7 Å². The van der Waals surface area contributed by atoms with Crippen LogP contribution in [0.2, 0.25) is 0 Å². The van der Waals surface area contributed by atoms with Crippen LogP contribution in [0, 0.1) is 0 Å². The summed E-state index contributed by atoms with van der Waals surface area (Å²) in [5.74, 6) is -1.44. The number of carbonyl (C=O) groups excluding carboxylic acids is 4. The van der Waals surface area contributed by atoms with Crippen molar-refractivity contribution in [2.45, 2.75) is 63.1 Å². The summed E-state index contributed by atoms with van der Waals surface area (Å²) in [6.07, 6.45) is 4.48. The summed E-state index contributed by atoms with van der Waals surface area (Å²) in [7, 11) is 0. The molecule has 0 aromatic heterocycles. The van der Waals surface area contributed by atoms with Crippen LogP contribution in [0.1, 0.15) is 66.2 Å². The molecule has 1 N–H and O–H groups in total. The van der Waals surface area contributed by atoms with Crippen LogP contribution in [0.15, 0.2) is 54.6 Å². The van der Waals surface area contributed by atoms with Crippen molar-refractivity contribution < 1.29 is 19.2 Å². The quantitative estimate of drug-likeness (QED) is 0.688. The van der Waals surface area contributed by atoms with Gasteiger partial charge in [0.2, 0.25) is 11.8 Å². The van der Waals surface area contributed by atoms with E-state index < -0.39 is 23.4 Å². The fourth-order valence-corrected chi connectivity index (χ4v) is 5.25. The molecule has 4 amide bonds. The molecule has 3 aliphatic rings. The topological polar surface area (TPSA) is 86.8 Å². The Hall–Kier alpha value is -3.48. The first kappa shape index (κ1) is 21.4. The molecule has 1 aliphatic heterocycles. The molecule has 33 heavy (non-hydrogen) atoms. The molecular formula is C26H27N3O4. The Morgan fingerprint density at radius 1 is 0.939 bits per heavy atom. The van der Waals surface area contributed by atoms with Gasteiger partial charge in [-0.15, -0.1) is 0 Å². The zero-order valence-corrected chi connectivity index (χ0v) is 18.6. The van der Waals surface area contributed by atoms with Gasteiger partial charge < -0.3 is 10.2 Å². The van der Waals surface area contributed by atoms with Crippen LogP contribution in [-0.4, -0.2) is 51.1 Å². The Morgan fingerprint density at radius 3 is 2.03 bits per heavy atom. The third-order valence-corrected chi connectivity index (χ3v) is 7.07. The van der Waals surface area contributed by atoms with E-state index in [9.17, 15) is 19.2 Å². The summed E-state index contributed by atoms with van der Waals surface area (Å²) in [5, 5.41) is 3.00. The lowest BCUT2D eigenvalue weighted by atomic mass is 9.92. The summed E-state index contributed by atoms with van der Waals surface area (Å²) < 4.78 is 0. The van der Waals surface area contributed by atoms with Crippen LogP contribution in [0.5, 0.6) is 0 Å². The summed E-state index contributed by atoms with van der Waals surface area (Å²) in [5.41, 5.74) is 0.349. The van der Waals surface area contributed by atoms with Crippen LogP contribution in [0.4, 0.5) is 5.69 Å². The van der Waals surface area contributed by atoms with Gasteiger partial charge in [0.25, 0.3) is 11.8 Å². The molecule has 0 radical (unpaired) electrons. The summed E-state index contributed by atoms with van der Waals surface area (Å²) in [6, 6.07) is 14.8. The predicted octanol–water partition coefficient (Wildman–Crippen LogP) is 3.61. The number of hydrogen-bond acceptors (Lipinski definition) is 4. The summed E-state index contributed by atoms with van der Waals surface area (Å²) in [4.78, 5) is 56.3. The highest BCUT2D eigenvalue weighted by atomic mass is 16.2. The second kappa shape index (κ2) is 8.14. The smallest absolute Gasteiger partial charge is 0.262 e. The van der Waals surface area contributed by atoms with Crippen molar-refractivity contribution in [1.29, 1.82) is 0 Å². The van der Waals surface area contributed by atoms with E-state index in [2.05, 4.69) is 5.32 Å². The number of rotatable bonds is 6. The minimum absolute atomic E-state index is 0.0465. The van der Waals surface area contributed by atoms with Gasteiger partial charge in [-0.1, -0.05) is 43.2 Å². The first-order valence-corrected chi connectivity index (χ1v) is 11.6. The van der Waals surface area contributed by atoms with Gasteiger partial charge in [0.1, 0.15) is 11.6 Å². The van der Waals surface area contributed by atoms with Crippen molar-refractivity contribution in [3.63, 3.8) is 0 Å². The molecule has 2 aliphatic carbocycles. The first-order chi connectivity index (χ1) is 15.9. The molecule has 2 aromatic rings. The van der Waals surface area contributed by atoms with E-state index in [0.29, 0.717) is 29.7 Å². The Morgan fingerprint density at radius 2 is 1.48 bits per heavy atom. The Bertz CT molecular complexity index is 1080. The molecule has 0 unspecified atom stereocenters. The number of benzene rings is 2. The van der Waals surface area contributed by atoms with Crippen molar-refractivity contribution in [1.82, 2.24) is 9.80 Å². The second-order valence-electron chi connectivity index (χ2n) is 9.20. The third kappa shape index (κ3) is 3.52. The fraction of sp³-hybridized carbons (Fsp3) is 0.385. The highest BCUT2D eigenvalue weighted by Crippen LogP contribution is 2.44. The number of nitrogens with one attached hydrogen (secondary N) is 1. The van der Waals surface area contributed by atoms with Crippen molar-refractivity contribution >= 4 is 29.3 Å². The van der Waals surface area contributed by atoms with E-state index in [-0.39, 0.29) is 17.9 Å². The largest absolute Gasteiger partial charge is 0.324 e. The van der Waals surface area contributed by atoms with Gasteiger partial charge in [-0.2, -0.15) is 0 Å². The SMILES string of the molecule is C[C@@H](C(=O)N(C1CC1)C1(C(=O)Nc2ccccc2)CCCC1)N1C(=O)c2ccccc2C1=O. The van der Waals surface area contributed by atoms with Crippen molar-refractivity contribution in [3.8, 4) is 0 Å². The molecule has 5 rings (SSSR count). The van der Waals surface area contributed by atoms with Crippen molar-refractivity contribution in [2.75, 3.05) is 5.32 Å². The minimum atomic E-state index is -0.986. The number of fused-ring (bicyclic) bond motifs is 1. The zero-order chi connectivity index (χ0) is 23.2. The standard InChI is InChI=1S/C26H27N3O4/c1-17(28-23(31)20-11-5-6-12-21(20)24(28)32)22(30)29(19-13-14-19)26(15-7-8-16-26)25(33)27-18-9-3-2-4-10-18/h2-6,9-12,17,19H,7-8,13-16H2,1H3,(H,27,33)/t17-/m0/s1. The molecule has 0 saturated heterocycles. The first-order valence-electron chi connectivity index (χ1n) is 11.6. The van der Waals surface area contributed by atoms with Crippen LogP contribution in [0.25, 0.3) is 0 Å². The number of nitrogens with zero attached hydrogens (tertiary/aromatic N) is 2. The molecule has 0 bridgehead atoms. The van der Waals surface area contributed by atoms with E-state index in [1.807, 2.05) is 30.3 Å². The fourth-order valence-electron chi connectivity index (χ4n) is 5.25. The number of amides is 4. The summed E-state index contributed by atoms with van der Waals surface area (Å²) >= 11 is 0. The normalized spacial score (nSPS) is 19.8. The number of hydrogen-bond donors (Lipinski definition) is 1. The van der Waals surface area contributed by atoms with Crippen LogP contribution in [-0.2, 0) is 9.59 Å².